The summed E-state index contributed by atoms with van der Waals surface area (Å²) >= 11 is 0. The molecule has 0 saturated heterocycles. The lowest BCUT2D eigenvalue weighted by atomic mass is 9.88. The lowest BCUT2D eigenvalue weighted by Crippen LogP contribution is -2.22. The van der Waals surface area contributed by atoms with Crippen LogP contribution in [-0.2, 0) is 0 Å². The molecule has 0 radical (unpaired) electrons. The normalized spacial score (nSPS) is 26.2. The molecule has 1 aliphatic rings. The first-order valence-electron chi connectivity index (χ1n) is 6.51. The van der Waals surface area contributed by atoms with Crippen LogP contribution < -0.4 is 5.73 Å². The van der Waals surface area contributed by atoms with E-state index in [1.807, 2.05) is 19.9 Å². The van der Waals surface area contributed by atoms with Crippen molar-refractivity contribution in [3.05, 3.63) is 34.6 Å². The van der Waals surface area contributed by atoms with Crippen molar-refractivity contribution in [3.63, 3.8) is 0 Å². The zero-order valence-electron chi connectivity index (χ0n) is 11.0. The van der Waals surface area contributed by atoms with E-state index in [0.717, 1.165) is 35.4 Å². The van der Waals surface area contributed by atoms with Crippen LogP contribution >= 0.6 is 0 Å². The third kappa shape index (κ3) is 2.52. The topological polar surface area (TPSA) is 26.0 Å². The Bertz CT molecular complexity index is 390. The Morgan fingerprint density at radius 3 is 2.53 bits per heavy atom. The van der Waals surface area contributed by atoms with E-state index in [2.05, 4.69) is 6.92 Å². The van der Waals surface area contributed by atoms with Gasteiger partial charge in [0.1, 0.15) is 5.82 Å². The van der Waals surface area contributed by atoms with Gasteiger partial charge >= 0.3 is 0 Å². The predicted octanol–water partition coefficient (Wildman–Crippen LogP) is 3.88. The van der Waals surface area contributed by atoms with E-state index >= 15 is 0 Å². The van der Waals surface area contributed by atoms with E-state index < -0.39 is 0 Å². The predicted molar refractivity (Wildman–Crippen MR) is 69.3 cm³/mol. The number of aryl methyl sites for hydroxylation is 2. The molecule has 1 aliphatic carbocycles. The smallest absolute Gasteiger partial charge is 0.128 e. The summed E-state index contributed by atoms with van der Waals surface area (Å²) < 4.78 is 14.0. The average Bonchev–Trinajstić information content (AvgIpc) is 2.63. The van der Waals surface area contributed by atoms with Crippen LogP contribution in [0, 0.1) is 31.5 Å². The highest BCUT2D eigenvalue weighted by Gasteiger charge is 2.29. The van der Waals surface area contributed by atoms with Gasteiger partial charge in [-0.15, -0.1) is 0 Å². The van der Waals surface area contributed by atoms with Gasteiger partial charge in [0.25, 0.3) is 0 Å². The number of hydrogen-bond acceptors (Lipinski definition) is 1. The highest BCUT2D eigenvalue weighted by Crippen LogP contribution is 2.39. The van der Waals surface area contributed by atoms with Crippen molar-refractivity contribution in [2.24, 2.45) is 17.6 Å². The minimum absolute atomic E-state index is 0.130. The van der Waals surface area contributed by atoms with E-state index in [9.17, 15) is 4.39 Å². The third-order valence-electron chi connectivity index (χ3n) is 4.06. The summed E-state index contributed by atoms with van der Waals surface area (Å²) in [6, 6.07) is 3.48. The zero-order valence-corrected chi connectivity index (χ0v) is 11.0. The Balaban J connectivity index is 2.27. The summed E-state index contributed by atoms with van der Waals surface area (Å²) in [6.07, 6.45) is 3.49. The Morgan fingerprint density at radius 2 is 2.00 bits per heavy atom. The summed E-state index contributed by atoms with van der Waals surface area (Å²) in [5, 5.41) is 0. The summed E-state index contributed by atoms with van der Waals surface area (Å²) in [7, 11) is 0. The van der Waals surface area contributed by atoms with Crippen LogP contribution in [0.4, 0.5) is 4.39 Å². The standard InChI is InChI=1S/C15H22FN/c1-9-4-5-12(7-9)15(17)14-11(3)6-10(2)8-13(14)16/h6,8-9,12,15H,4-5,7,17H2,1-3H3. The van der Waals surface area contributed by atoms with Crippen LogP contribution in [0.2, 0.25) is 0 Å². The van der Waals surface area contributed by atoms with Crippen molar-refractivity contribution in [2.75, 3.05) is 0 Å². The summed E-state index contributed by atoms with van der Waals surface area (Å²) in [5.41, 5.74) is 8.97. The molecule has 94 valence electrons. The van der Waals surface area contributed by atoms with Crippen molar-refractivity contribution >= 4 is 0 Å². The fourth-order valence-electron chi connectivity index (χ4n) is 3.16. The van der Waals surface area contributed by atoms with Crippen molar-refractivity contribution in [2.45, 2.75) is 46.1 Å². The molecule has 1 fully saturated rings. The van der Waals surface area contributed by atoms with Gasteiger partial charge < -0.3 is 5.73 Å². The minimum atomic E-state index is -0.138. The number of rotatable bonds is 2. The van der Waals surface area contributed by atoms with E-state index in [1.54, 1.807) is 6.07 Å². The van der Waals surface area contributed by atoms with Crippen LogP contribution in [0.3, 0.4) is 0 Å². The first-order chi connectivity index (χ1) is 7.99. The van der Waals surface area contributed by atoms with Crippen molar-refractivity contribution < 1.29 is 4.39 Å². The van der Waals surface area contributed by atoms with Gasteiger partial charge in [-0.05, 0) is 55.7 Å². The Labute approximate surface area is 103 Å². The molecule has 3 unspecified atom stereocenters. The van der Waals surface area contributed by atoms with Gasteiger partial charge in [-0.3, -0.25) is 0 Å². The molecule has 0 aromatic heterocycles. The summed E-state index contributed by atoms with van der Waals surface area (Å²) in [5.74, 6) is 1.05. The van der Waals surface area contributed by atoms with Crippen molar-refractivity contribution in [1.29, 1.82) is 0 Å². The lowest BCUT2D eigenvalue weighted by Gasteiger charge is -2.22. The Hall–Kier alpha value is -0.890. The van der Waals surface area contributed by atoms with Crippen molar-refractivity contribution in [3.8, 4) is 0 Å². The molecule has 0 aliphatic heterocycles. The fraction of sp³-hybridized carbons (Fsp3) is 0.600. The Kier molecular flexibility index (Phi) is 3.53. The molecule has 0 amide bonds. The maximum Gasteiger partial charge on any atom is 0.128 e. The lowest BCUT2D eigenvalue weighted by molar-refractivity contribution is 0.413. The zero-order chi connectivity index (χ0) is 12.6. The van der Waals surface area contributed by atoms with Gasteiger partial charge in [-0.1, -0.05) is 19.4 Å². The number of hydrogen-bond donors (Lipinski definition) is 1. The number of benzene rings is 1. The van der Waals surface area contributed by atoms with Crippen molar-refractivity contribution in [1.82, 2.24) is 0 Å². The summed E-state index contributed by atoms with van der Waals surface area (Å²) in [6.45, 7) is 6.14. The molecular formula is C15H22FN. The quantitative estimate of drug-likeness (QED) is 0.827. The molecule has 2 N–H and O–H groups in total. The van der Waals surface area contributed by atoms with Gasteiger partial charge in [0.05, 0.1) is 0 Å². The molecule has 0 bridgehead atoms. The van der Waals surface area contributed by atoms with E-state index in [1.165, 1.54) is 6.42 Å². The van der Waals surface area contributed by atoms with Crippen LogP contribution in [0.15, 0.2) is 12.1 Å². The minimum Gasteiger partial charge on any atom is -0.324 e. The molecule has 1 nitrogen and oxygen atoms in total. The second-order valence-electron chi connectivity index (χ2n) is 5.68. The molecular weight excluding hydrogens is 213 g/mol. The largest absolute Gasteiger partial charge is 0.324 e. The molecule has 17 heavy (non-hydrogen) atoms. The van der Waals surface area contributed by atoms with E-state index in [-0.39, 0.29) is 11.9 Å². The second-order valence-corrected chi connectivity index (χ2v) is 5.68. The molecule has 3 atom stereocenters. The average molecular weight is 235 g/mol. The SMILES string of the molecule is Cc1cc(C)c(C(N)C2CCC(C)C2)c(F)c1. The monoisotopic (exact) mass is 235 g/mol. The molecule has 1 aromatic carbocycles. The molecule has 0 heterocycles. The molecule has 0 spiro atoms. The van der Waals surface area contributed by atoms with Crippen LogP contribution in [0.25, 0.3) is 0 Å². The van der Waals surface area contributed by atoms with Crippen LogP contribution in [0.5, 0.6) is 0 Å². The van der Waals surface area contributed by atoms with Crippen LogP contribution in [-0.4, -0.2) is 0 Å². The molecule has 1 saturated carbocycles. The van der Waals surface area contributed by atoms with Gasteiger partial charge in [0.15, 0.2) is 0 Å². The van der Waals surface area contributed by atoms with Gasteiger partial charge in [-0.2, -0.15) is 0 Å². The number of nitrogens with two attached hydrogens (primary N) is 1. The van der Waals surface area contributed by atoms with E-state index in [0.29, 0.717) is 5.92 Å². The molecule has 2 rings (SSSR count). The van der Waals surface area contributed by atoms with Gasteiger partial charge in [0, 0.05) is 11.6 Å². The molecule has 1 aromatic rings. The Morgan fingerprint density at radius 1 is 1.29 bits per heavy atom. The number of halogens is 1. The second kappa shape index (κ2) is 4.77. The summed E-state index contributed by atoms with van der Waals surface area (Å²) in [4.78, 5) is 0. The first kappa shape index (κ1) is 12.6. The van der Waals surface area contributed by atoms with Crippen LogP contribution in [0.1, 0.15) is 48.9 Å². The highest BCUT2D eigenvalue weighted by molar-refractivity contribution is 5.34. The van der Waals surface area contributed by atoms with E-state index in [4.69, 9.17) is 5.73 Å². The maximum absolute atomic E-state index is 14.0. The van der Waals surface area contributed by atoms with Gasteiger partial charge in [0.2, 0.25) is 0 Å². The van der Waals surface area contributed by atoms with Gasteiger partial charge in [-0.25, -0.2) is 4.39 Å². The highest BCUT2D eigenvalue weighted by atomic mass is 19.1. The first-order valence-corrected chi connectivity index (χ1v) is 6.51. The third-order valence-corrected chi connectivity index (χ3v) is 4.06. The maximum atomic E-state index is 14.0. The molecule has 2 heteroatoms. The fourth-order valence-corrected chi connectivity index (χ4v) is 3.16.